The molecule has 0 radical (unpaired) electrons. The van der Waals surface area contributed by atoms with E-state index in [4.69, 9.17) is 0 Å². The van der Waals surface area contributed by atoms with Crippen LogP contribution in [0.5, 0.6) is 0 Å². The molecule has 0 unspecified atom stereocenters. The molecule has 0 spiro atoms. The van der Waals surface area contributed by atoms with Crippen LogP contribution in [0.15, 0.2) is 30.3 Å². The highest BCUT2D eigenvalue weighted by molar-refractivity contribution is 5.94. The molecule has 2 heterocycles. The van der Waals surface area contributed by atoms with Gasteiger partial charge in [0.2, 0.25) is 5.91 Å². The maximum atomic E-state index is 12.3. The number of hydrogen-bond acceptors (Lipinski definition) is 3. The van der Waals surface area contributed by atoms with Gasteiger partial charge in [-0.3, -0.25) is 9.89 Å². The molecule has 3 rings (SSSR count). The van der Waals surface area contributed by atoms with Gasteiger partial charge in [-0.05, 0) is 24.0 Å². The fourth-order valence-electron chi connectivity index (χ4n) is 2.68. The van der Waals surface area contributed by atoms with Crippen molar-refractivity contribution in [1.82, 2.24) is 15.5 Å². The summed E-state index contributed by atoms with van der Waals surface area (Å²) < 4.78 is 0. The van der Waals surface area contributed by atoms with E-state index in [0.717, 1.165) is 25.1 Å². The summed E-state index contributed by atoms with van der Waals surface area (Å²) in [6, 6.07) is 9.93. The minimum atomic E-state index is -0.203. The van der Waals surface area contributed by atoms with Crippen LogP contribution in [-0.4, -0.2) is 22.1 Å². The molecule has 5 heteroatoms. The summed E-state index contributed by atoms with van der Waals surface area (Å²) in [7, 11) is 0. The average molecular weight is 284 g/mol. The van der Waals surface area contributed by atoms with E-state index >= 15 is 0 Å². The Balaban J connectivity index is 1.63. The highest BCUT2D eigenvalue weighted by atomic mass is 16.2. The molecule has 0 bridgehead atoms. The lowest BCUT2D eigenvalue weighted by Crippen LogP contribution is -2.44. The number of hydrogen-bond donors (Lipinski definition) is 3. The van der Waals surface area contributed by atoms with Crippen LogP contribution in [0.3, 0.4) is 0 Å². The van der Waals surface area contributed by atoms with E-state index in [1.54, 1.807) is 0 Å². The smallest absolute Gasteiger partial charge is 0.243 e. The van der Waals surface area contributed by atoms with E-state index in [0.29, 0.717) is 12.2 Å². The summed E-state index contributed by atoms with van der Waals surface area (Å²) in [4.78, 5) is 12.3. The number of anilines is 1. The Morgan fingerprint density at radius 2 is 2.19 bits per heavy atom. The van der Waals surface area contributed by atoms with Crippen molar-refractivity contribution >= 4 is 11.7 Å². The Hall–Kier alpha value is -2.14. The number of nitrogens with zero attached hydrogens (tertiary/aromatic N) is 1. The van der Waals surface area contributed by atoms with Gasteiger partial charge >= 0.3 is 0 Å². The predicted molar refractivity (Wildman–Crippen MR) is 82.0 cm³/mol. The van der Waals surface area contributed by atoms with Gasteiger partial charge in [-0.1, -0.05) is 37.6 Å². The van der Waals surface area contributed by atoms with Gasteiger partial charge in [0, 0.05) is 18.3 Å². The van der Waals surface area contributed by atoms with E-state index in [2.05, 4.69) is 39.9 Å². The van der Waals surface area contributed by atoms with Crippen LogP contribution < -0.4 is 10.6 Å². The average Bonchev–Trinajstić information content (AvgIpc) is 2.94. The lowest BCUT2D eigenvalue weighted by molar-refractivity contribution is -0.118. The van der Waals surface area contributed by atoms with E-state index < -0.39 is 0 Å². The zero-order valence-electron chi connectivity index (χ0n) is 12.1. The summed E-state index contributed by atoms with van der Waals surface area (Å²) in [5.74, 6) is 0.572. The lowest BCUT2D eigenvalue weighted by Gasteiger charge is -2.24. The third-order valence-corrected chi connectivity index (χ3v) is 3.80. The summed E-state index contributed by atoms with van der Waals surface area (Å²) in [5, 5.41) is 13.2. The standard InChI is InChI=1S/C16H20N4O/c1-2-5-13-9-15(20-19-13)18-16(21)14-8-11-6-3-4-7-12(11)10-17-14/h3-4,6-7,9,14,17H,2,5,8,10H2,1H3,(H2,18,19,20,21)/t14-/m1/s1. The molecule has 1 aliphatic heterocycles. The van der Waals surface area contributed by atoms with E-state index in [1.165, 1.54) is 11.1 Å². The quantitative estimate of drug-likeness (QED) is 0.804. The fraction of sp³-hybridized carbons (Fsp3) is 0.375. The number of nitrogens with one attached hydrogen (secondary N) is 3. The minimum absolute atomic E-state index is 0.0287. The Labute approximate surface area is 124 Å². The number of fused-ring (bicyclic) bond motifs is 1. The Morgan fingerprint density at radius 1 is 1.38 bits per heavy atom. The summed E-state index contributed by atoms with van der Waals surface area (Å²) >= 11 is 0. The number of rotatable bonds is 4. The number of aromatic amines is 1. The second kappa shape index (κ2) is 6.10. The number of amides is 1. The second-order valence-corrected chi connectivity index (χ2v) is 5.42. The molecule has 2 aromatic rings. The van der Waals surface area contributed by atoms with Crippen LogP contribution in [-0.2, 0) is 24.2 Å². The number of benzene rings is 1. The normalized spacial score (nSPS) is 17.3. The van der Waals surface area contributed by atoms with Crippen LogP contribution in [0.25, 0.3) is 0 Å². The van der Waals surface area contributed by atoms with Gasteiger partial charge in [0.25, 0.3) is 0 Å². The SMILES string of the molecule is CCCc1cc(NC(=O)[C@H]2Cc3ccccc3CN2)n[nH]1. The second-order valence-electron chi connectivity index (χ2n) is 5.42. The van der Waals surface area contributed by atoms with Crippen LogP contribution in [0, 0.1) is 0 Å². The molecule has 0 fully saturated rings. The number of aryl methyl sites for hydroxylation is 1. The first kappa shape index (κ1) is 13.8. The highest BCUT2D eigenvalue weighted by Gasteiger charge is 2.24. The first-order chi connectivity index (χ1) is 10.3. The third-order valence-electron chi connectivity index (χ3n) is 3.80. The number of carbonyl (C=O) groups is 1. The molecule has 5 nitrogen and oxygen atoms in total. The summed E-state index contributed by atoms with van der Waals surface area (Å²) in [6.45, 7) is 2.85. The third kappa shape index (κ3) is 3.13. The number of H-pyrrole nitrogens is 1. The highest BCUT2D eigenvalue weighted by Crippen LogP contribution is 2.17. The van der Waals surface area contributed by atoms with Crippen molar-refractivity contribution in [3.63, 3.8) is 0 Å². The fourth-order valence-corrected chi connectivity index (χ4v) is 2.68. The summed E-state index contributed by atoms with van der Waals surface area (Å²) in [6.07, 6.45) is 2.71. The van der Waals surface area contributed by atoms with Crippen molar-refractivity contribution in [2.75, 3.05) is 5.32 Å². The zero-order valence-corrected chi connectivity index (χ0v) is 12.1. The maximum absolute atomic E-state index is 12.3. The van der Waals surface area contributed by atoms with Crippen molar-refractivity contribution in [3.8, 4) is 0 Å². The Bertz CT molecular complexity index is 635. The predicted octanol–water partition coefficient (Wildman–Crippen LogP) is 2.02. The number of carbonyl (C=O) groups excluding carboxylic acids is 1. The van der Waals surface area contributed by atoms with Crippen molar-refractivity contribution in [1.29, 1.82) is 0 Å². The molecule has 0 saturated heterocycles. The van der Waals surface area contributed by atoms with Crippen LogP contribution in [0.1, 0.15) is 30.2 Å². The van der Waals surface area contributed by atoms with Gasteiger partial charge in [0.15, 0.2) is 5.82 Å². The largest absolute Gasteiger partial charge is 0.308 e. The van der Waals surface area contributed by atoms with Gasteiger partial charge in [-0.25, -0.2) is 0 Å². The van der Waals surface area contributed by atoms with Crippen LogP contribution in [0.4, 0.5) is 5.82 Å². The Morgan fingerprint density at radius 3 is 3.00 bits per heavy atom. The number of aromatic nitrogens is 2. The molecule has 110 valence electrons. The van der Waals surface area contributed by atoms with Crippen molar-refractivity contribution in [2.45, 2.75) is 38.8 Å². The van der Waals surface area contributed by atoms with Crippen molar-refractivity contribution in [3.05, 3.63) is 47.2 Å². The first-order valence-corrected chi connectivity index (χ1v) is 7.41. The molecule has 1 atom stereocenters. The molecule has 1 aliphatic rings. The van der Waals surface area contributed by atoms with Crippen LogP contribution in [0.2, 0.25) is 0 Å². The molecule has 21 heavy (non-hydrogen) atoms. The molecule has 0 aliphatic carbocycles. The minimum Gasteiger partial charge on any atom is -0.308 e. The monoisotopic (exact) mass is 284 g/mol. The van der Waals surface area contributed by atoms with Crippen molar-refractivity contribution in [2.24, 2.45) is 0 Å². The van der Waals surface area contributed by atoms with Gasteiger partial charge in [-0.2, -0.15) is 5.10 Å². The molecule has 1 aromatic heterocycles. The molecule has 0 saturated carbocycles. The topological polar surface area (TPSA) is 69.8 Å². The molecular weight excluding hydrogens is 264 g/mol. The van der Waals surface area contributed by atoms with E-state index in [9.17, 15) is 4.79 Å². The lowest BCUT2D eigenvalue weighted by atomic mass is 9.95. The van der Waals surface area contributed by atoms with Crippen molar-refractivity contribution < 1.29 is 4.79 Å². The Kier molecular flexibility index (Phi) is 4.01. The van der Waals surface area contributed by atoms with Gasteiger partial charge < -0.3 is 10.6 Å². The maximum Gasteiger partial charge on any atom is 0.243 e. The zero-order chi connectivity index (χ0) is 14.7. The molecular formula is C16H20N4O. The van der Waals surface area contributed by atoms with E-state index in [-0.39, 0.29) is 11.9 Å². The molecule has 1 aromatic carbocycles. The first-order valence-electron chi connectivity index (χ1n) is 7.41. The van der Waals surface area contributed by atoms with E-state index in [1.807, 2.05) is 18.2 Å². The van der Waals surface area contributed by atoms with Gasteiger partial charge in [0.1, 0.15) is 0 Å². The van der Waals surface area contributed by atoms with Gasteiger partial charge in [0.05, 0.1) is 6.04 Å². The molecule has 3 N–H and O–H groups in total. The summed E-state index contributed by atoms with van der Waals surface area (Å²) in [5.41, 5.74) is 3.56. The van der Waals surface area contributed by atoms with Crippen LogP contribution >= 0.6 is 0 Å². The van der Waals surface area contributed by atoms with Gasteiger partial charge in [-0.15, -0.1) is 0 Å². The molecule has 1 amide bonds.